The highest BCUT2D eigenvalue weighted by Gasteiger charge is 2.27. The zero-order valence-electron chi connectivity index (χ0n) is 9.49. The van der Waals surface area contributed by atoms with Crippen LogP contribution >= 0.6 is 15.9 Å². The van der Waals surface area contributed by atoms with Crippen molar-refractivity contribution in [2.45, 2.75) is 38.1 Å². The number of rotatable bonds is 2. The molecule has 1 aromatic heterocycles. The Morgan fingerprint density at radius 3 is 2.94 bits per heavy atom. The zero-order valence-corrected chi connectivity index (χ0v) is 11.1. The van der Waals surface area contributed by atoms with Crippen molar-refractivity contribution in [3.63, 3.8) is 0 Å². The molecule has 1 aromatic rings. The van der Waals surface area contributed by atoms with Crippen LogP contribution in [-0.4, -0.2) is 27.2 Å². The molecule has 88 valence electrons. The fourth-order valence-corrected chi connectivity index (χ4v) is 2.43. The van der Waals surface area contributed by atoms with Crippen molar-refractivity contribution in [3.05, 3.63) is 17.3 Å². The maximum absolute atomic E-state index is 11.8. The number of nitrogens with zero attached hydrogens (tertiary/aromatic N) is 2. The van der Waals surface area contributed by atoms with Crippen LogP contribution in [0.25, 0.3) is 0 Å². The highest BCUT2D eigenvalue weighted by Crippen LogP contribution is 2.20. The van der Waals surface area contributed by atoms with E-state index in [4.69, 9.17) is 4.42 Å². The summed E-state index contributed by atoms with van der Waals surface area (Å²) >= 11 is 3.38. The van der Waals surface area contributed by atoms with Gasteiger partial charge in [0.2, 0.25) is 11.8 Å². The normalized spacial score (nSPS) is 21.6. The Bertz CT molecular complexity index is 383. The molecule has 0 bridgehead atoms. The van der Waals surface area contributed by atoms with Crippen LogP contribution in [0, 0.1) is 13.8 Å². The minimum absolute atomic E-state index is 0.0431. The van der Waals surface area contributed by atoms with Crippen molar-refractivity contribution in [1.82, 2.24) is 9.88 Å². The van der Waals surface area contributed by atoms with Gasteiger partial charge in [0.05, 0.1) is 17.1 Å². The van der Waals surface area contributed by atoms with Crippen LogP contribution < -0.4 is 0 Å². The predicted molar refractivity (Wildman–Crippen MR) is 63.3 cm³/mol. The van der Waals surface area contributed by atoms with Gasteiger partial charge in [-0.25, -0.2) is 4.98 Å². The van der Waals surface area contributed by atoms with Crippen molar-refractivity contribution in [2.75, 3.05) is 6.54 Å². The number of hydrogen-bond acceptors (Lipinski definition) is 3. The molecule has 2 heterocycles. The van der Waals surface area contributed by atoms with Crippen LogP contribution in [0.5, 0.6) is 0 Å². The maximum Gasteiger partial charge on any atom is 0.236 e. The quantitative estimate of drug-likeness (QED) is 0.783. The summed E-state index contributed by atoms with van der Waals surface area (Å²) in [6.07, 6.45) is 1.94. The number of piperidine rings is 1. The van der Waals surface area contributed by atoms with Crippen LogP contribution in [0.1, 0.15) is 30.2 Å². The van der Waals surface area contributed by atoms with E-state index in [-0.39, 0.29) is 10.7 Å². The number of alkyl halides is 1. The van der Waals surface area contributed by atoms with E-state index >= 15 is 0 Å². The SMILES string of the molecule is Cc1nc(CN2CCCC(Br)C2=O)oc1C. The summed E-state index contributed by atoms with van der Waals surface area (Å²) in [5.74, 6) is 1.60. The van der Waals surface area contributed by atoms with Crippen molar-refractivity contribution in [3.8, 4) is 0 Å². The van der Waals surface area contributed by atoms with E-state index in [1.165, 1.54) is 0 Å². The standard InChI is InChI=1S/C11H15BrN2O2/c1-7-8(2)16-10(13-7)6-14-5-3-4-9(12)11(14)15/h9H,3-6H2,1-2H3. The largest absolute Gasteiger partial charge is 0.444 e. The Labute approximate surface area is 103 Å². The Kier molecular flexibility index (Phi) is 3.33. The first kappa shape index (κ1) is 11.6. The molecular weight excluding hydrogens is 272 g/mol. The highest BCUT2D eigenvalue weighted by atomic mass is 79.9. The molecule has 0 radical (unpaired) electrons. The third kappa shape index (κ3) is 2.29. The number of aromatic nitrogens is 1. The number of carbonyl (C=O) groups is 1. The number of oxazole rings is 1. The average Bonchev–Trinajstić information content (AvgIpc) is 2.54. The monoisotopic (exact) mass is 286 g/mol. The van der Waals surface area contributed by atoms with E-state index in [0.29, 0.717) is 12.4 Å². The summed E-state index contributed by atoms with van der Waals surface area (Å²) in [7, 11) is 0. The van der Waals surface area contributed by atoms with Gasteiger partial charge in [0.15, 0.2) is 0 Å². The van der Waals surface area contributed by atoms with Gasteiger partial charge in [-0.05, 0) is 26.7 Å². The van der Waals surface area contributed by atoms with Crippen LogP contribution in [0.15, 0.2) is 4.42 Å². The number of halogens is 1. The van der Waals surface area contributed by atoms with Crippen molar-refractivity contribution >= 4 is 21.8 Å². The zero-order chi connectivity index (χ0) is 11.7. The van der Waals surface area contributed by atoms with Gasteiger partial charge >= 0.3 is 0 Å². The van der Waals surface area contributed by atoms with Crippen molar-refractivity contribution in [1.29, 1.82) is 0 Å². The minimum atomic E-state index is -0.0431. The average molecular weight is 287 g/mol. The molecule has 1 unspecified atom stereocenters. The van der Waals surface area contributed by atoms with E-state index in [1.54, 1.807) is 4.90 Å². The van der Waals surface area contributed by atoms with Gasteiger partial charge in [-0.3, -0.25) is 4.79 Å². The number of carbonyl (C=O) groups excluding carboxylic acids is 1. The number of aryl methyl sites for hydroxylation is 2. The predicted octanol–water partition coefficient (Wildman–Crippen LogP) is 2.18. The second-order valence-electron chi connectivity index (χ2n) is 4.12. The van der Waals surface area contributed by atoms with E-state index in [2.05, 4.69) is 20.9 Å². The molecule has 0 aliphatic carbocycles. The summed E-state index contributed by atoms with van der Waals surface area (Å²) in [4.78, 5) is 17.9. The van der Waals surface area contributed by atoms with Crippen molar-refractivity contribution in [2.24, 2.45) is 0 Å². The van der Waals surface area contributed by atoms with Crippen LogP contribution in [-0.2, 0) is 11.3 Å². The fourth-order valence-electron chi connectivity index (χ4n) is 1.82. The van der Waals surface area contributed by atoms with Crippen LogP contribution in [0.2, 0.25) is 0 Å². The molecule has 1 amide bonds. The first-order valence-corrected chi connectivity index (χ1v) is 6.35. The molecule has 4 nitrogen and oxygen atoms in total. The lowest BCUT2D eigenvalue weighted by Crippen LogP contribution is -2.41. The third-order valence-electron chi connectivity index (χ3n) is 2.86. The smallest absolute Gasteiger partial charge is 0.236 e. The number of likely N-dealkylation sites (tertiary alicyclic amines) is 1. The van der Waals surface area contributed by atoms with E-state index < -0.39 is 0 Å². The van der Waals surface area contributed by atoms with Crippen molar-refractivity contribution < 1.29 is 9.21 Å². The molecule has 1 saturated heterocycles. The van der Waals surface area contributed by atoms with Gasteiger partial charge in [-0.1, -0.05) is 15.9 Å². The summed E-state index contributed by atoms with van der Waals surface area (Å²) in [5, 5.41) is 0. The van der Waals surface area contributed by atoms with Gasteiger partial charge in [0.25, 0.3) is 0 Å². The second kappa shape index (κ2) is 4.57. The summed E-state index contributed by atoms with van der Waals surface area (Å²) < 4.78 is 5.48. The molecule has 0 aromatic carbocycles. The Hall–Kier alpha value is -0.840. The summed E-state index contributed by atoms with van der Waals surface area (Å²) in [6, 6.07) is 0. The van der Waals surface area contributed by atoms with Gasteiger partial charge < -0.3 is 9.32 Å². The second-order valence-corrected chi connectivity index (χ2v) is 5.22. The van der Waals surface area contributed by atoms with Gasteiger partial charge in [-0.2, -0.15) is 0 Å². The Morgan fingerprint density at radius 1 is 1.56 bits per heavy atom. The number of hydrogen-bond donors (Lipinski definition) is 0. The molecule has 0 spiro atoms. The Balaban J connectivity index is 2.06. The first-order chi connectivity index (χ1) is 7.58. The van der Waals surface area contributed by atoms with Gasteiger partial charge in [-0.15, -0.1) is 0 Å². The van der Waals surface area contributed by atoms with Crippen LogP contribution in [0.3, 0.4) is 0 Å². The van der Waals surface area contributed by atoms with Gasteiger partial charge in [0.1, 0.15) is 5.76 Å². The maximum atomic E-state index is 11.8. The van der Waals surface area contributed by atoms with Gasteiger partial charge in [0, 0.05) is 6.54 Å². The molecule has 1 fully saturated rings. The molecule has 5 heteroatoms. The topological polar surface area (TPSA) is 46.3 Å². The molecule has 0 N–H and O–H groups in total. The molecule has 0 saturated carbocycles. The first-order valence-electron chi connectivity index (χ1n) is 5.43. The number of amides is 1. The van der Waals surface area contributed by atoms with E-state index in [9.17, 15) is 4.79 Å². The minimum Gasteiger partial charge on any atom is -0.444 e. The Morgan fingerprint density at radius 2 is 2.31 bits per heavy atom. The molecule has 1 atom stereocenters. The molecule has 1 aliphatic heterocycles. The molecule has 2 rings (SSSR count). The lowest BCUT2D eigenvalue weighted by atomic mass is 10.1. The lowest BCUT2D eigenvalue weighted by Gasteiger charge is -2.28. The van der Waals surface area contributed by atoms with E-state index in [1.807, 2.05) is 13.8 Å². The molecule has 1 aliphatic rings. The highest BCUT2D eigenvalue weighted by molar-refractivity contribution is 9.10. The van der Waals surface area contributed by atoms with Crippen LogP contribution in [0.4, 0.5) is 0 Å². The third-order valence-corrected chi connectivity index (χ3v) is 3.71. The summed E-state index contributed by atoms with van der Waals surface area (Å²) in [5.41, 5.74) is 0.898. The molecular formula is C11H15BrN2O2. The fraction of sp³-hybridized carbons (Fsp3) is 0.636. The van der Waals surface area contributed by atoms with E-state index in [0.717, 1.165) is 30.8 Å². The molecule has 16 heavy (non-hydrogen) atoms. The summed E-state index contributed by atoms with van der Waals surface area (Å²) in [6.45, 7) is 5.07. The lowest BCUT2D eigenvalue weighted by molar-refractivity contribution is -0.133.